The Morgan fingerprint density at radius 2 is 2.23 bits per heavy atom. The predicted molar refractivity (Wildman–Crippen MR) is 123 cm³/mol. The van der Waals surface area contributed by atoms with Gasteiger partial charge < -0.3 is 10.0 Å². The van der Waals surface area contributed by atoms with Gasteiger partial charge in [-0.1, -0.05) is 22.8 Å². The van der Waals surface area contributed by atoms with Gasteiger partial charge in [-0.2, -0.15) is 13.9 Å². The van der Waals surface area contributed by atoms with E-state index in [-0.39, 0.29) is 18.0 Å². The van der Waals surface area contributed by atoms with E-state index in [2.05, 4.69) is 20.1 Å². The number of rotatable bonds is 6. The number of thiazole rings is 1. The number of nitrogens with zero attached hydrogens (tertiary/aromatic N) is 8. The Balaban J connectivity index is 1.78. The summed E-state index contributed by atoms with van der Waals surface area (Å²) in [6, 6.07) is 3.05. The van der Waals surface area contributed by atoms with E-state index in [1.807, 2.05) is 0 Å². The summed E-state index contributed by atoms with van der Waals surface area (Å²) < 4.78 is 41.1. The van der Waals surface area contributed by atoms with E-state index in [1.165, 1.54) is 35.9 Å². The molecule has 2 aromatic heterocycles. The van der Waals surface area contributed by atoms with Crippen LogP contribution in [0.5, 0.6) is 0 Å². The van der Waals surface area contributed by atoms with E-state index in [9.17, 15) is 18.3 Å². The molecule has 2 aliphatic rings. The smallest absolute Gasteiger partial charge is 0.333 e. The van der Waals surface area contributed by atoms with Gasteiger partial charge in [0.25, 0.3) is 0 Å². The zero-order valence-electron chi connectivity index (χ0n) is 17.8. The molecule has 1 saturated heterocycles. The van der Waals surface area contributed by atoms with Gasteiger partial charge in [0, 0.05) is 57.5 Å². The number of hydrogen-bond acceptors (Lipinski definition) is 7. The quantitative estimate of drug-likeness (QED) is 0.273. The molecular weight excluding hydrogens is 505 g/mol. The molecule has 1 N–H and O–H groups in total. The first-order valence-electron chi connectivity index (χ1n) is 10.3. The number of aliphatic imine (C=N–C) groups is 1. The number of hydrogen-bond donors (Lipinski definition) is 1. The van der Waals surface area contributed by atoms with Crippen molar-refractivity contribution in [1.82, 2.24) is 19.7 Å². The standard InChI is InChI=1S/C21H16ClF3N8OS/c22-14-5-12(23)1-2-13(14)17-16(11-7-28-33(8-11)20(24)25)15-6-21(10-34,30-31-26)9-32(15)18(29-17)19-27-3-4-35-19/h1-5,7-8,17,20,34H,6,9-10H2/t17-,21+/m0/s1. The molecule has 0 saturated carbocycles. The van der Waals surface area contributed by atoms with E-state index in [0.29, 0.717) is 37.9 Å². The summed E-state index contributed by atoms with van der Waals surface area (Å²) in [7, 11) is 0. The Hall–Kier alpha value is -3.38. The van der Waals surface area contributed by atoms with E-state index in [4.69, 9.17) is 22.1 Å². The maximum atomic E-state index is 13.9. The third kappa shape index (κ3) is 4.06. The monoisotopic (exact) mass is 520 g/mol. The van der Waals surface area contributed by atoms with Gasteiger partial charge in [0.2, 0.25) is 0 Å². The Labute approximate surface area is 205 Å². The number of alkyl halides is 2. The summed E-state index contributed by atoms with van der Waals surface area (Å²) in [5.74, 6) is -0.0996. The fourth-order valence-corrected chi connectivity index (χ4v) is 5.28. The molecule has 180 valence electrons. The summed E-state index contributed by atoms with van der Waals surface area (Å²) in [6.45, 7) is -3.22. The van der Waals surface area contributed by atoms with Crippen LogP contribution in [0.1, 0.15) is 35.1 Å². The van der Waals surface area contributed by atoms with Crippen molar-refractivity contribution in [3.05, 3.63) is 85.3 Å². The minimum atomic E-state index is -2.86. The van der Waals surface area contributed by atoms with Crippen LogP contribution in [-0.2, 0) is 0 Å². The number of halogens is 4. The molecule has 0 amide bonds. The SMILES string of the molecule is [N-]=[N+]=N[C@]1(CO)CC2=C(c3cnn(C(F)F)c3)[C@H](c3ccc(F)cc3Cl)N=C(c3nccs3)N2C1. The average Bonchev–Trinajstić information content (AvgIpc) is 3.58. The maximum Gasteiger partial charge on any atom is 0.333 e. The summed E-state index contributed by atoms with van der Waals surface area (Å²) in [5.41, 5.74) is 9.81. The first-order valence-corrected chi connectivity index (χ1v) is 11.5. The zero-order chi connectivity index (χ0) is 24.7. The van der Waals surface area contributed by atoms with Crippen LogP contribution < -0.4 is 0 Å². The van der Waals surface area contributed by atoms with Gasteiger partial charge in [-0.25, -0.2) is 14.1 Å². The second-order valence-corrected chi connectivity index (χ2v) is 9.34. The number of azide groups is 1. The van der Waals surface area contributed by atoms with E-state index in [0.717, 1.165) is 6.07 Å². The van der Waals surface area contributed by atoms with Gasteiger partial charge in [0.15, 0.2) is 10.8 Å². The van der Waals surface area contributed by atoms with E-state index >= 15 is 0 Å². The Kier molecular flexibility index (Phi) is 6.01. The van der Waals surface area contributed by atoms with Crippen LogP contribution in [0.25, 0.3) is 16.0 Å². The molecule has 2 atom stereocenters. The first kappa shape index (κ1) is 23.4. The highest BCUT2D eigenvalue weighted by Crippen LogP contribution is 2.49. The molecule has 4 heterocycles. The second kappa shape index (κ2) is 9.00. The fraction of sp³-hybridized carbons (Fsp3) is 0.286. The Morgan fingerprint density at radius 3 is 2.86 bits per heavy atom. The van der Waals surface area contributed by atoms with Crippen molar-refractivity contribution in [1.29, 1.82) is 0 Å². The summed E-state index contributed by atoms with van der Waals surface area (Å²) >= 11 is 7.74. The maximum absolute atomic E-state index is 13.9. The molecule has 2 aliphatic heterocycles. The van der Waals surface area contributed by atoms with Gasteiger partial charge in [-0.15, -0.1) is 11.3 Å². The van der Waals surface area contributed by atoms with Crippen LogP contribution >= 0.6 is 22.9 Å². The van der Waals surface area contributed by atoms with Crippen LogP contribution in [0, 0.1) is 5.82 Å². The number of aliphatic hydroxyl groups excluding tert-OH is 1. The molecule has 5 rings (SSSR count). The highest BCUT2D eigenvalue weighted by atomic mass is 35.5. The predicted octanol–water partition coefficient (Wildman–Crippen LogP) is 5.19. The van der Waals surface area contributed by atoms with Crippen molar-refractivity contribution >= 4 is 34.3 Å². The number of fused-ring (bicyclic) bond motifs is 1. The Bertz CT molecular complexity index is 1380. The molecule has 0 radical (unpaired) electrons. The molecule has 35 heavy (non-hydrogen) atoms. The lowest BCUT2D eigenvalue weighted by atomic mass is 9.89. The number of aromatic nitrogens is 3. The minimum absolute atomic E-state index is 0.0949. The largest absolute Gasteiger partial charge is 0.396 e. The molecule has 1 aromatic carbocycles. The van der Waals surface area contributed by atoms with Crippen molar-refractivity contribution in [2.75, 3.05) is 13.2 Å². The Morgan fingerprint density at radius 1 is 1.40 bits per heavy atom. The van der Waals surface area contributed by atoms with Crippen molar-refractivity contribution in [3.8, 4) is 0 Å². The van der Waals surface area contributed by atoms with E-state index < -0.39 is 30.6 Å². The van der Waals surface area contributed by atoms with E-state index in [1.54, 1.807) is 16.5 Å². The van der Waals surface area contributed by atoms with Crippen LogP contribution in [0.3, 0.4) is 0 Å². The third-order valence-corrected chi connectivity index (χ3v) is 7.01. The molecule has 14 heteroatoms. The number of benzene rings is 1. The van der Waals surface area contributed by atoms with Crippen LogP contribution in [0.4, 0.5) is 13.2 Å². The van der Waals surface area contributed by atoms with Crippen molar-refractivity contribution in [2.45, 2.75) is 24.6 Å². The lowest BCUT2D eigenvalue weighted by molar-refractivity contribution is 0.0566. The topological polar surface area (TPSA) is 115 Å². The van der Waals surface area contributed by atoms with Gasteiger partial charge in [0.1, 0.15) is 11.9 Å². The van der Waals surface area contributed by atoms with Crippen LogP contribution in [-0.4, -0.2) is 49.3 Å². The molecule has 0 spiro atoms. The van der Waals surface area contributed by atoms with Gasteiger partial charge in [-0.3, -0.25) is 4.99 Å². The van der Waals surface area contributed by atoms with Crippen molar-refractivity contribution < 1.29 is 18.3 Å². The molecule has 1 fully saturated rings. The van der Waals surface area contributed by atoms with Crippen molar-refractivity contribution in [3.63, 3.8) is 0 Å². The number of aliphatic hydroxyl groups is 1. The highest BCUT2D eigenvalue weighted by Gasteiger charge is 2.47. The fourth-order valence-electron chi connectivity index (χ4n) is 4.37. The van der Waals surface area contributed by atoms with Gasteiger partial charge >= 0.3 is 6.55 Å². The molecule has 3 aromatic rings. The lowest BCUT2D eigenvalue weighted by Gasteiger charge is -2.32. The molecule has 0 bridgehead atoms. The third-order valence-electron chi connectivity index (χ3n) is 5.91. The van der Waals surface area contributed by atoms with Gasteiger partial charge in [0.05, 0.1) is 18.3 Å². The minimum Gasteiger partial charge on any atom is -0.396 e. The van der Waals surface area contributed by atoms with Crippen LogP contribution in [0.2, 0.25) is 5.02 Å². The second-order valence-electron chi connectivity index (χ2n) is 8.04. The summed E-state index contributed by atoms with van der Waals surface area (Å²) in [6.07, 6.45) is 4.18. The average molecular weight is 521 g/mol. The molecular formula is C21H16ClF3N8OS. The molecule has 9 nitrogen and oxygen atoms in total. The zero-order valence-corrected chi connectivity index (χ0v) is 19.3. The first-order chi connectivity index (χ1) is 16.9. The lowest BCUT2D eigenvalue weighted by Crippen LogP contribution is -2.38. The normalized spacial score (nSPS) is 21.8. The molecule has 0 unspecified atom stereocenters. The number of amidine groups is 1. The summed E-state index contributed by atoms with van der Waals surface area (Å²) in [4.78, 5) is 13.9. The summed E-state index contributed by atoms with van der Waals surface area (Å²) in [5, 5.41) is 20.2. The molecule has 0 aliphatic carbocycles. The van der Waals surface area contributed by atoms with Crippen LogP contribution in [0.15, 0.2) is 58.0 Å². The van der Waals surface area contributed by atoms with Gasteiger partial charge in [-0.05, 0) is 23.2 Å². The van der Waals surface area contributed by atoms with Crippen molar-refractivity contribution in [2.24, 2.45) is 10.1 Å². The highest BCUT2D eigenvalue weighted by molar-refractivity contribution is 7.11.